The van der Waals surface area contributed by atoms with Crippen LogP contribution in [0.1, 0.15) is 33.1 Å². The van der Waals surface area contributed by atoms with E-state index < -0.39 is 10.0 Å². The zero-order valence-electron chi connectivity index (χ0n) is 9.84. The molecular formula is C10H22N2O2S. The van der Waals surface area contributed by atoms with Crippen molar-refractivity contribution in [3.8, 4) is 0 Å². The average Bonchev–Trinajstić information content (AvgIpc) is 2.46. The summed E-state index contributed by atoms with van der Waals surface area (Å²) in [7, 11) is -1.61. The van der Waals surface area contributed by atoms with Crippen molar-refractivity contribution in [3.05, 3.63) is 0 Å². The molecule has 0 radical (unpaired) electrons. The summed E-state index contributed by atoms with van der Waals surface area (Å²) in [6, 6.07) is 0.463. The van der Waals surface area contributed by atoms with Crippen LogP contribution in [-0.4, -0.2) is 33.8 Å². The molecule has 1 unspecified atom stereocenters. The number of sulfonamides is 1. The van der Waals surface area contributed by atoms with Crippen molar-refractivity contribution in [1.82, 2.24) is 10.0 Å². The van der Waals surface area contributed by atoms with Gasteiger partial charge in [-0.3, -0.25) is 0 Å². The van der Waals surface area contributed by atoms with E-state index in [-0.39, 0.29) is 5.75 Å². The van der Waals surface area contributed by atoms with Gasteiger partial charge in [0.2, 0.25) is 10.0 Å². The Labute approximate surface area is 92.9 Å². The standard InChI is InChI=1S/C10H22N2O2S/c1-10(2)6-4-5-9(10)12-7-8-15(13,14)11-3/h9,11-12H,4-8H2,1-3H3. The first-order valence-electron chi connectivity index (χ1n) is 5.52. The maximum atomic E-state index is 11.2. The summed E-state index contributed by atoms with van der Waals surface area (Å²) in [4.78, 5) is 0. The number of hydrogen-bond acceptors (Lipinski definition) is 3. The molecule has 4 nitrogen and oxygen atoms in total. The van der Waals surface area contributed by atoms with E-state index in [1.165, 1.54) is 19.9 Å². The molecule has 1 fully saturated rings. The van der Waals surface area contributed by atoms with Crippen LogP contribution >= 0.6 is 0 Å². The van der Waals surface area contributed by atoms with Gasteiger partial charge in [-0.25, -0.2) is 13.1 Å². The molecule has 15 heavy (non-hydrogen) atoms. The molecule has 1 saturated carbocycles. The molecule has 1 aliphatic carbocycles. The molecule has 5 heteroatoms. The summed E-state index contributed by atoms with van der Waals surface area (Å²) in [6.07, 6.45) is 3.62. The predicted molar refractivity (Wildman–Crippen MR) is 62.3 cm³/mol. The van der Waals surface area contributed by atoms with E-state index in [0.29, 0.717) is 18.0 Å². The fourth-order valence-corrected chi connectivity index (χ4v) is 2.77. The van der Waals surface area contributed by atoms with Gasteiger partial charge in [-0.05, 0) is 25.3 Å². The number of hydrogen-bond donors (Lipinski definition) is 2. The molecule has 0 bridgehead atoms. The van der Waals surface area contributed by atoms with Crippen molar-refractivity contribution >= 4 is 10.0 Å². The summed E-state index contributed by atoms with van der Waals surface area (Å²) in [6.45, 7) is 5.02. The first-order valence-corrected chi connectivity index (χ1v) is 7.17. The van der Waals surface area contributed by atoms with E-state index in [4.69, 9.17) is 0 Å². The van der Waals surface area contributed by atoms with Crippen molar-refractivity contribution in [1.29, 1.82) is 0 Å². The molecule has 0 saturated heterocycles. The summed E-state index contributed by atoms with van der Waals surface area (Å²) in [5, 5.41) is 3.34. The van der Waals surface area contributed by atoms with E-state index in [0.717, 1.165) is 6.42 Å². The van der Waals surface area contributed by atoms with Gasteiger partial charge in [-0.15, -0.1) is 0 Å². The maximum Gasteiger partial charge on any atom is 0.212 e. The van der Waals surface area contributed by atoms with E-state index >= 15 is 0 Å². The van der Waals surface area contributed by atoms with Gasteiger partial charge in [0.1, 0.15) is 0 Å². The van der Waals surface area contributed by atoms with Crippen molar-refractivity contribution in [2.75, 3.05) is 19.3 Å². The second-order valence-electron chi connectivity index (χ2n) is 4.91. The smallest absolute Gasteiger partial charge is 0.212 e. The van der Waals surface area contributed by atoms with E-state index in [9.17, 15) is 8.42 Å². The third-order valence-electron chi connectivity index (χ3n) is 3.33. The van der Waals surface area contributed by atoms with Crippen LogP contribution in [0.25, 0.3) is 0 Å². The number of rotatable bonds is 5. The Morgan fingerprint density at radius 1 is 1.40 bits per heavy atom. The molecule has 90 valence electrons. The lowest BCUT2D eigenvalue weighted by Gasteiger charge is -2.27. The predicted octanol–water partition coefficient (Wildman–Crippen LogP) is 0.704. The van der Waals surface area contributed by atoms with E-state index in [1.807, 2.05) is 0 Å². The third-order valence-corrected chi connectivity index (χ3v) is 4.69. The summed E-state index contributed by atoms with van der Waals surface area (Å²) in [5.74, 6) is 0.163. The normalized spacial score (nSPS) is 25.7. The Balaban J connectivity index is 2.32. The van der Waals surface area contributed by atoms with Crippen LogP contribution in [0, 0.1) is 5.41 Å². The summed E-state index contributed by atoms with van der Waals surface area (Å²) >= 11 is 0. The van der Waals surface area contributed by atoms with Gasteiger partial charge in [0, 0.05) is 12.6 Å². The van der Waals surface area contributed by atoms with Crippen molar-refractivity contribution < 1.29 is 8.42 Å². The van der Waals surface area contributed by atoms with Crippen LogP contribution in [-0.2, 0) is 10.0 Å². The van der Waals surface area contributed by atoms with Crippen molar-refractivity contribution in [2.24, 2.45) is 5.41 Å². The molecular weight excluding hydrogens is 212 g/mol. The third kappa shape index (κ3) is 3.74. The summed E-state index contributed by atoms with van der Waals surface area (Å²) < 4.78 is 24.7. The molecule has 1 atom stereocenters. The quantitative estimate of drug-likeness (QED) is 0.736. The minimum absolute atomic E-state index is 0.163. The molecule has 1 aliphatic rings. The highest BCUT2D eigenvalue weighted by Crippen LogP contribution is 2.36. The van der Waals surface area contributed by atoms with Crippen molar-refractivity contribution in [3.63, 3.8) is 0 Å². The van der Waals surface area contributed by atoms with Gasteiger partial charge >= 0.3 is 0 Å². The lowest BCUT2D eigenvalue weighted by molar-refractivity contribution is 0.288. The van der Waals surface area contributed by atoms with Gasteiger partial charge < -0.3 is 5.32 Å². The molecule has 0 spiro atoms. The Morgan fingerprint density at radius 3 is 2.53 bits per heavy atom. The number of nitrogens with one attached hydrogen (secondary N) is 2. The van der Waals surface area contributed by atoms with Crippen LogP contribution < -0.4 is 10.0 Å². The highest BCUT2D eigenvalue weighted by Gasteiger charge is 2.33. The maximum absolute atomic E-state index is 11.2. The highest BCUT2D eigenvalue weighted by molar-refractivity contribution is 7.89. The van der Waals surface area contributed by atoms with Crippen LogP contribution in [0.3, 0.4) is 0 Å². The molecule has 0 aliphatic heterocycles. The van der Waals surface area contributed by atoms with Gasteiger partial charge in [-0.2, -0.15) is 0 Å². The molecule has 1 rings (SSSR count). The monoisotopic (exact) mass is 234 g/mol. The molecule has 0 aromatic rings. The minimum atomic E-state index is -3.06. The summed E-state index contributed by atoms with van der Waals surface area (Å²) in [5.41, 5.74) is 0.309. The van der Waals surface area contributed by atoms with Crippen LogP contribution in [0.15, 0.2) is 0 Å². The molecule has 2 N–H and O–H groups in total. The molecule has 0 aromatic carbocycles. The second-order valence-corrected chi connectivity index (χ2v) is 6.96. The van der Waals surface area contributed by atoms with E-state index in [1.54, 1.807) is 0 Å². The second kappa shape index (κ2) is 4.80. The Kier molecular flexibility index (Phi) is 4.14. The first-order chi connectivity index (χ1) is 6.87. The average molecular weight is 234 g/mol. The molecule has 0 amide bonds. The SMILES string of the molecule is CNS(=O)(=O)CCNC1CCCC1(C)C. The largest absolute Gasteiger partial charge is 0.312 e. The first kappa shape index (κ1) is 12.9. The van der Waals surface area contributed by atoms with Crippen molar-refractivity contribution in [2.45, 2.75) is 39.2 Å². The van der Waals surface area contributed by atoms with Crippen LogP contribution in [0.4, 0.5) is 0 Å². The van der Waals surface area contributed by atoms with Gasteiger partial charge in [0.25, 0.3) is 0 Å². The zero-order valence-corrected chi connectivity index (χ0v) is 10.7. The Morgan fingerprint density at radius 2 is 2.07 bits per heavy atom. The molecule has 0 heterocycles. The minimum Gasteiger partial charge on any atom is -0.312 e. The zero-order chi connectivity index (χ0) is 11.5. The van der Waals surface area contributed by atoms with Crippen LogP contribution in [0.5, 0.6) is 0 Å². The van der Waals surface area contributed by atoms with Crippen LogP contribution in [0.2, 0.25) is 0 Å². The van der Waals surface area contributed by atoms with Gasteiger partial charge in [0.05, 0.1) is 5.75 Å². The lowest BCUT2D eigenvalue weighted by Crippen LogP contribution is -2.41. The highest BCUT2D eigenvalue weighted by atomic mass is 32.2. The topological polar surface area (TPSA) is 58.2 Å². The lowest BCUT2D eigenvalue weighted by atomic mass is 9.87. The fraction of sp³-hybridized carbons (Fsp3) is 1.00. The van der Waals surface area contributed by atoms with Gasteiger partial charge in [-0.1, -0.05) is 20.3 Å². The fourth-order valence-electron chi connectivity index (χ4n) is 2.17. The van der Waals surface area contributed by atoms with E-state index in [2.05, 4.69) is 23.9 Å². The van der Waals surface area contributed by atoms with Gasteiger partial charge in [0.15, 0.2) is 0 Å². The Hall–Kier alpha value is -0.130. The molecule has 0 aromatic heterocycles. The Bertz CT molecular complexity index is 299.